The van der Waals surface area contributed by atoms with Gasteiger partial charge in [-0.05, 0) is 17.7 Å². The minimum Gasteiger partial charge on any atom is -0.496 e. The number of methoxy groups -OCH3 is 1. The standard InChI is InChI=1S/C17H18O3/c1-12(13-8-4-3-5-9-13)16(18)17(19)14-10-6-7-11-15(14)20-2/h3-12,16,18H,1-2H3/t12-,16-/m1/s1. The van der Waals surface area contributed by atoms with Crippen LogP contribution in [0.2, 0.25) is 0 Å². The second-order valence-electron chi connectivity index (χ2n) is 4.71. The number of rotatable bonds is 5. The van der Waals surface area contributed by atoms with E-state index in [1.807, 2.05) is 37.3 Å². The Morgan fingerprint density at radius 2 is 1.65 bits per heavy atom. The van der Waals surface area contributed by atoms with Crippen molar-refractivity contribution in [1.29, 1.82) is 0 Å². The average Bonchev–Trinajstić information content (AvgIpc) is 2.53. The van der Waals surface area contributed by atoms with Crippen LogP contribution in [0.15, 0.2) is 54.6 Å². The molecule has 104 valence electrons. The Morgan fingerprint density at radius 1 is 1.05 bits per heavy atom. The van der Waals surface area contributed by atoms with E-state index in [4.69, 9.17) is 4.74 Å². The van der Waals surface area contributed by atoms with Gasteiger partial charge < -0.3 is 9.84 Å². The van der Waals surface area contributed by atoms with Gasteiger partial charge in [0.2, 0.25) is 0 Å². The Hall–Kier alpha value is -2.13. The Labute approximate surface area is 118 Å². The summed E-state index contributed by atoms with van der Waals surface area (Å²) in [5.74, 6) is -0.107. The highest BCUT2D eigenvalue weighted by molar-refractivity contribution is 6.02. The summed E-state index contributed by atoms with van der Waals surface area (Å²) in [6.07, 6.45) is -1.09. The smallest absolute Gasteiger partial charge is 0.195 e. The minimum atomic E-state index is -1.09. The van der Waals surface area contributed by atoms with E-state index in [2.05, 4.69) is 0 Å². The van der Waals surface area contributed by atoms with Gasteiger partial charge in [-0.1, -0.05) is 49.4 Å². The van der Waals surface area contributed by atoms with Crippen molar-refractivity contribution >= 4 is 5.78 Å². The summed E-state index contributed by atoms with van der Waals surface area (Å²) < 4.78 is 5.17. The zero-order chi connectivity index (χ0) is 14.5. The fraction of sp³-hybridized carbons (Fsp3) is 0.235. The van der Waals surface area contributed by atoms with Crippen LogP contribution in [-0.4, -0.2) is 24.1 Å². The van der Waals surface area contributed by atoms with Crippen molar-refractivity contribution in [1.82, 2.24) is 0 Å². The predicted octanol–water partition coefficient (Wildman–Crippen LogP) is 3.04. The van der Waals surface area contributed by atoms with Crippen molar-refractivity contribution in [3.8, 4) is 5.75 Å². The molecule has 3 nitrogen and oxygen atoms in total. The number of hydrogen-bond acceptors (Lipinski definition) is 3. The highest BCUT2D eigenvalue weighted by atomic mass is 16.5. The van der Waals surface area contributed by atoms with Gasteiger partial charge in [-0.2, -0.15) is 0 Å². The third-order valence-corrected chi connectivity index (χ3v) is 3.44. The van der Waals surface area contributed by atoms with Gasteiger partial charge in [-0.15, -0.1) is 0 Å². The molecule has 0 bridgehead atoms. The van der Waals surface area contributed by atoms with Gasteiger partial charge in [0.1, 0.15) is 11.9 Å². The van der Waals surface area contributed by atoms with Gasteiger partial charge in [0.05, 0.1) is 12.7 Å². The lowest BCUT2D eigenvalue weighted by molar-refractivity contribution is 0.0698. The third kappa shape index (κ3) is 2.89. The first-order valence-corrected chi connectivity index (χ1v) is 6.55. The number of carbonyl (C=O) groups excluding carboxylic acids is 1. The number of hydrogen-bond donors (Lipinski definition) is 1. The van der Waals surface area contributed by atoms with Gasteiger partial charge in [0.15, 0.2) is 5.78 Å². The number of ether oxygens (including phenoxy) is 1. The van der Waals surface area contributed by atoms with Gasteiger partial charge in [-0.25, -0.2) is 0 Å². The number of ketones is 1. The van der Waals surface area contributed by atoms with E-state index in [0.717, 1.165) is 5.56 Å². The van der Waals surface area contributed by atoms with Crippen molar-refractivity contribution in [3.05, 3.63) is 65.7 Å². The fourth-order valence-corrected chi connectivity index (χ4v) is 2.17. The van der Waals surface area contributed by atoms with Crippen molar-refractivity contribution in [2.24, 2.45) is 0 Å². The summed E-state index contributed by atoms with van der Waals surface area (Å²) >= 11 is 0. The molecule has 0 heterocycles. The Morgan fingerprint density at radius 3 is 2.30 bits per heavy atom. The lowest BCUT2D eigenvalue weighted by Crippen LogP contribution is -2.27. The van der Waals surface area contributed by atoms with Crippen molar-refractivity contribution in [2.75, 3.05) is 7.11 Å². The molecule has 0 spiro atoms. The zero-order valence-corrected chi connectivity index (χ0v) is 11.6. The summed E-state index contributed by atoms with van der Waals surface area (Å²) in [7, 11) is 1.51. The van der Waals surface area contributed by atoms with Crippen LogP contribution in [0.3, 0.4) is 0 Å². The molecule has 0 saturated carbocycles. The number of Topliss-reactive ketones (excluding diaryl/α,β-unsaturated/α-hetero) is 1. The first-order chi connectivity index (χ1) is 9.65. The van der Waals surface area contributed by atoms with Crippen LogP contribution >= 0.6 is 0 Å². The summed E-state index contributed by atoms with van der Waals surface area (Å²) in [5, 5.41) is 10.3. The Bertz CT molecular complexity index is 578. The van der Waals surface area contributed by atoms with Gasteiger partial charge >= 0.3 is 0 Å². The molecule has 0 aliphatic carbocycles. The van der Waals surface area contributed by atoms with Crippen molar-refractivity contribution < 1.29 is 14.6 Å². The summed E-state index contributed by atoms with van der Waals surface area (Å²) in [5.41, 5.74) is 1.34. The maximum absolute atomic E-state index is 12.4. The van der Waals surface area contributed by atoms with E-state index in [-0.39, 0.29) is 11.7 Å². The van der Waals surface area contributed by atoms with Crippen molar-refractivity contribution in [2.45, 2.75) is 18.9 Å². The van der Waals surface area contributed by atoms with Gasteiger partial charge in [0, 0.05) is 5.92 Å². The van der Waals surface area contributed by atoms with Crippen LogP contribution in [0, 0.1) is 0 Å². The lowest BCUT2D eigenvalue weighted by atomic mass is 9.90. The molecule has 0 aliphatic heterocycles. The van der Waals surface area contributed by atoms with Crippen LogP contribution in [0.4, 0.5) is 0 Å². The number of aliphatic hydroxyl groups excluding tert-OH is 1. The molecular weight excluding hydrogens is 252 g/mol. The number of aliphatic hydroxyl groups is 1. The first-order valence-electron chi connectivity index (χ1n) is 6.55. The predicted molar refractivity (Wildman–Crippen MR) is 78.2 cm³/mol. The van der Waals surface area contributed by atoms with Crippen LogP contribution in [0.5, 0.6) is 5.75 Å². The molecule has 2 atom stereocenters. The molecule has 0 aliphatic rings. The normalized spacial score (nSPS) is 13.6. The molecule has 0 unspecified atom stereocenters. The highest BCUT2D eigenvalue weighted by Crippen LogP contribution is 2.25. The van der Waals surface area contributed by atoms with E-state index < -0.39 is 6.10 Å². The van der Waals surface area contributed by atoms with Gasteiger partial charge in [-0.3, -0.25) is 4.79 Å². The second kappa shape index (κ2) is 6.35. The van der Waals surface area contributed by atoms with E-state index in [9.17, 15) is 9.90 Å². The fourth-order valence-electron chi connectivity index (χ4n) is 2.17. The molecule has 0 fully saturated rings. The molecule has 2 aromatic carbocycles. The summed E-state index contributed by atoms with van der Waals surface area (Å²) in [6.45, 7) is 1.84. The largest absolute Gasteiger partial charge is 0.496 e. The molecule has 0 aromatic heterocycles. The van der Waals surface area contributed by atoms with Crippen LogP contribution in [0.1, 0.15) is 28.8 Å². The molecule has 0 amide bonds. The first kappa shape index (κ1) is 14.3. The van der Waals surface area contributed by atoms with Crippen LogP contribution in [0.25, 0.3) is 0 Å². The molecule has 2 rings (SSSR count). The van der Waals surface area contributed by atoms with E-state index >= 15 is 0 Å². The highest BCUT2D eigenvalue weighted by Gasteiger charge is 2.26. The molecule has 0 saturated heterocycles. The average molecular weight is 270 g/mol. The molecule has 2 aromatic rings. The molecule has 3 heteroatoms. The summed E-state index contributed by atoms with van der Waals surface area (Å²) in [4.78, 5) is 12.4. The maximum atomic E-state index is 12.4. The molecule has 0 radical (unpaired) electrons. The Balaban J connectivity index is 2.24. The topological polar surface area (TPSA) is 46.5 Å². The lowest BCUT2D eigenvalue weighted by Gasteiger charge is -2.19. The SMILES string of the molecule is COc1ccccc1C(=O)[C@H](O)[C@H](C)c1ccccc1. The summed E-state index contributed by atoms with van der Waals surface area (Å²) in [6, 6.07) is 16.4. The quantitative estimate of drug-likeness (QED) is 0.849. The van der Waals surface area contributed by atoms with Crippen molar-refractivity contribution in [3.63, 3.8) is 0 Å². The van der Waals surface area contributed by atoms with Gasteiger partial charge in [0.25, 0.3) is 0 Å². The number of para-hydroxylation sites is 1. The zero-order valence-electron chi connectivity index (χ0n) is 11.6. The van der Waals surface area contributed by atoms with Crippen LogP contribution < -0.4 is 4.74 Å². The second-order valence-corrected chi connectivity index (χ2v) is 4.71. The van der Waals surface area contributed by atoms with E-state index in [1.54, 1.807) is 24.3 Å². The molecule has 20 heavy (non-hydrogen) atoms. The minimum absolute atomic E-state index is 0.270. The van der Waals surface area contributed by atoms with E-state index in [0.29, 0.717) is 11.3 Å². The van der Waals surface area contributed by atoms with Crippen LogP contribution in [-0.2, 0) is 0 Å². The maximum Gasteiger partial charge on any atom is 0.195 e. The van der Waals surface area contributed by atoms with E-state index in [1.165, 1.54) is 7.11 Å². The Kier molecular flexibility index (Phi) is 4.53. The molecular formula is C17H18O3. The third-order valence-electron chi connectivity index (χ3n) is 3.44. The number of carbonyl (C=O) groups is 1. The monoisotopic (exact) mass is 270 g/mol. The number of benzene rings is 2. The molecule has 1 N–H and O–H groups in total.